The van der Waals surface area contributed by atoms with Gasteiger partial charge >= 0.3 is 0 Å². The van der Waals surface area contributed by atoms with Crippen LogP contribution in [0.1, 0.15) is 58.3 Å². The minimum atomic E-state index is 0. The molecule has 0 aromatic rings. The van der Waals surface area contributed by atoms with Crippen LogP contribution in [0.4, 0.5) is 0 Å². The zero-order valence-electron chi connectivity index (χ0n) is 12.9. The van der Waals surface area contributed by atoms with E-state index < -0.39 is 0 Å². The predicted octanol–water partition coefficient (Wildman–Crippen LogP) is 3.30. The van der Waals surface area contributed by atoms with E-state index in [1.54, 1.807) is 0 Å². The molecule has 1 aliphatic rings. The van der Waals surface area contributed by atoms with Gasteiger partial charge in [0.1, 0.15) is 0 Å². The number of nitrogens with two attached hydrogens (primary N) is 1. The Morgan fingerprint density at radius 2 is 1.90 bits per heavy atom. The van der Waals surface area contributed by atoms with Crippen LogP contribution in [0.15, 0.2) is 4.99 Å². The van der Waals surface area contributed by atoms with Crippen LogP contribution < -0.4 is 11.1 Å². The van der Waals surface area contributed by atoms with Gasteiger partial charge < -0.3 is 15.8 Å². The van der Waals surface area contributed by atoms with Crippen molar-refractivity contribution in [3.63, 3.8) is 0 Å². The first kappa shape index (κ1) is 20.0. The summed E-state index contributed by atoms with van der Waals surface area (Å²) in [5.41, 5.74) is 5.77. The summed E-state index contributed by atoms with van der Waals surface area (Å²) in [5.74, 6) is 1.39. The number of hydrogen-bond acceptors (Lipinski definition) is 2. The van der Waals surface area contributed by atoms with E-state index in [9.17, 15) is 0 Å². The van der Waals surface area contributed by atoms with Gasteiger partial charge in [0.05, 0.1) is 6.61 Å². The minimum Gasteiger partial charge on any atom is -0.379 e. The summed E-state index contributed by atoms with van der Waals surface area (Å²) in [6, 6.07) is 0. The molecule has 0 amide bonds. The largest absolute Gasteiger partial charge is 0.379 e. The molecule has 0 bridgehead atoms. The molecule has 3 N–H and O–H groups in total. The number of halogens is 1. The van der Waals surface area contributed by atoms with E-state index in [2.05, 4.69) is 17.2 Å². The highest BCUT2D eigenvalue weighted by Gasteiger charge is 2.20. The number of nitrogens with one attached hydrogen (secondary N) is 1. The summed E-state index contributed by atoms with van der Waals surface area (Å²) in [6.45, 7) is 5.48. The number of nitrogens with zero attached hydrogens (tertiary/aromatic N) is 1. The fourth-order valence-corrected chi connectivity index (χ4v) is 1.93. The van der Waals surface area contributed by atoms with Crippen LogP contribution in [-0.2, 0) is 4.74 Å². The average Bonchev–Trinajstić information content (AvgIpc) is 3.21. The maximum Gasteiger partial charge on any atom is 0.188 e. The first-order valence-corrected chi connectivity index (χ1v) is 7.94. The fraction of sp³-hybridized carbons (Fsp3) is 0.933. The standard InChI is InChI=1S/C15H31N3O.HI/c1-2-3-4-5-6-7-10-17-15(16)18-11-12-19-13-14-8-9-14;/h14H,2-13H2,1H3,(H3,16,17,18);1H. The number of aliphatic imine (C=N–C) groups is 1. The van der Waals surface area contributed by atoms with Gasteiger partial charge in [0, 0.05) is 19.7 Å². The van der Waals surface area contributed by atoms with Crippen molar-refractivity contribution in [1.82, 2.24) is 5.32 Å². The van der Waals surface area contributed by atoms with E-state index in [4.69, 9.17) is 10.5 Å². The van der Waals surface area contributed by atoms with E-state index in [0.717, 1.165) is 38.6 Å². The molecule has 4 nitrogen and oxygen atoms in total. The van der Waals surface area contributed by atoms with Gasteiger partial charge in [0.25, 0.3) is 0 Å². The third-order valence-corrected chi connectivity index (χ3v) is 3.40. The van der Waals surface area contributed by atoms with Crippen molar-refractivity contribution in [1.29, 1.82) is 0 Å². The van der Waals surface area contributed by atoms with Crippen molar-refractivity contribution in [2.75, 3.05) is 26.3 Å². The summed E-state index contributed by atoms with van der Waals surface area (Å²) in [4.78, 5) is 4.31. The van der Waals surface area contributed by atoms with Crippen LogP contribution in [0, 0.1) is 5.92 Å². The summed E-state index contributed by atoms with van der Waals surface area (Å²) >= 11 is 0. The van der Waals surface area contributed by atoms with Crippen molar-refractivity contribution in [3.8, 4) is 0 Å². The maximum absolute atomic E-state index is 5.77. The molecular weight excluding hydrogens is 365 g/mol. The van der Waals surface area contributed by atoms with E-state index in [-0.39, 0.29) is 24.0 Å². The first-order valence-electron chi connectivity index (χ1n) is 7.94. The highest BCUT2D eigenvalue weighted by Crippen LogP contribution is 2.28. The number of hydrogen-bond donors (Lipinski definition) is 2. The third kappa shape index (κ3) is 13.0. The lowest BCUT2D eigenvalue weighted by atomic mass is 10.1. The molecule has 0 saturated heterocycles. The van der Waals surface area contributed by atoms with E-state index in [1.807, 2.05) is 0 Å². The molecule has 5 heteroatoms. The second-order valence-electron chi connectivity index (χ2n) is 5.48. The fourth-order valence-electron chi connectivity index (χ4n) is 1.93. The van der Waals surface area contributed by atoms with Gasteiger partial charge in [-0.2, -0.15) is 0 Å². The van der Waals surface area contributed by atoms with Gasteiger partial charge in [-0.05, 0) is 25.2 Å². The molecule has 1 aliphatic carbocycles. The molecule has 0 radical (unpaired) electrons. The molecule has 120 valence electrons. The molecule has 1 fully saturated rings. The zero-order valence-corrected chi connectivity index (χ0v) is 15.2. The monoisotopic (exact) mass is 397 g/mol. The molecule has 0 aromatic heterocycles. The summed E-state index contributed by atoms with van der Waals surface area (Å²) in [5, 5.41) is 3.09. The molecule has 1 saturated carbocycles. The smallest absolute Gasteiger partial charge is 0.188 e. The first-order chi connectivity index (χ1) is 9.33. The minimum absolute atomic E-state index is 0. The molecule has 0 heterocycles. The van der Waals surface area contributed by atoms with E-state index >= 15 is 0 Å². The van der Waals surface area contributed by atoms with Crippen LogP contribution >= 0.6 is 24.0 Å². The van der Waals surface area contributed by atoms with Crippen LogP contribution in [0.5, 0.6) is 0 Å². The van der Waals surface area contributed by atoms with Gasteiger partial charge in [0.15, 0.2) is 5.96 Å². The molecular formula is C15H32IN3O. The molecule has 0 aromatic carbocycles. The number of ether oxygens (including phenoxy) is 1. The number of rotatable bonds is 12. The third-order valence-electron chi connectivity index (χ3n) is 3.40. The molecule has 0 spiro atoms. The van der Waals surface area contributed by atoms with Crippen LogP contribution in [0.25, 0.3) is 0 Å². The van der Waals surface area contributed by atoms with Crippen molar-refractivity contribution in [2.24, 2.45) is 16.6 Å². The normalized spacial score (nSPS) is 14.9. The average molecular weight is 397 g/mol. The van der Waals surface area contributed by atoms with E-state index in [0.29, 0.717) is 5.96 Å². The van der Waals surface area contributed by atoms with Gasteiger partial charge in [-0.25, -0.2) is 0 Å². The topological polar surface area (TPSA) is 59.6 Å². The number of guanidine groups is 1. The SMILES string of the molecule is CCCCCCCCN=C(N)NCCOCC1CC1.I. The molecule has 20 heavy (non-hydrogen) atoms. The highest BCUT2D eigenvalue weighted by atomic mass is 127. The van der Waals surface area contributed by atoms with Crippen molar-refractivity contribution < 1.29 is 4.74 Å². The Balaban J connectivity index is 0.00000361. The maximum atomic E-state index is 5.77. The van der Waals surface area contributed by atoms with Crippen molar-refractivity contribution in [3.05, 3.63) is 0 Å². The summed E-state index contributed by atoms with van der Waals surface area (Å²) < 4.78 is 5.52. The van der Waals surface area contributed by atoms with Crippen LogP contribution in [-0.4, -0.2) is 32.3 Å². The summed E-state index contributed by atoms with van der Waals surface area (Å²) in [6.07, 6.45) is 10.4. The molecule has 0 atom stereocenters. The molecule has 0 unspecified atom stereocenters. The van der Waals surface area contributed by atoms with Gasteiger partial charge in [-0.15, -0.1) is 24.0 Å². The molecule has 1 rings (SSSR count). The predicted molar refractivity (Wildman–Crippen MR) is 96.8 cm³/mol. The van der Waals surface area contributed by atoms with Gasteiger partial charge in [-0.3, -0.25) is 4.99 Å². The Kier molecular flexibility index (Phi) is 13.9. The van der Waals surface area contributed by atoms with Crippen molar-refractivity contribution in [2.45, 2.75) is 58.3 Å². The second kappa shape index (κ2) is 13.9. The quantitative estimate of drug-likeness (QED) is 0.230. The molecule has 0 aliphatic heterocycles. The summed E-state index contributed by atoms with van der Waals surface area (Å²) in [7, 11) is 0. The Morgan fingerprint density at radius 1 is 1.20 bits per heavy atom. The lowest BCUT2D eigenvalue weighted by molar-refractivity contribution is 0.129. The Bertz CT molecular complexity index is 245. The van der Waals surface area contributed by atoms with Crippen LogP contribution in [0.3, 0.4) is 0 Å². The lowest BCUT2D eigenvalue weighted by Gasteiger charge is -2.06. The zero-order chi connectivity index (χ0) is 13.8. The number of unbranched alkanes of at least 4 members (excludes halogenated alkanes) is 5. The Labute approximate surface area is 141 Å². The Hall–Kier alpha value is -0.0400. The second-order valence-corrected chi connectivity index (χ2v) is 5.48. The van der Waals surface area contributed by atoms with Gasteiger partial charge in [0.2, 0.25) is 0 Å². The van der Waals surface area contributed by atoms with Crippen LogP contribution in [0.2, 0.25) is 0 Å². The van der Waals surface area contributed by atoms with E-state index in [1.165, 1.54) is 44.9 Å². The highest BCUT2D eigenvalue weighted by molar-refractivity contribution is 14.0. The Morgan fingerprint density at radius 3 is 2.60 bits per heavy atom. The lowest BCUT2D eigenvalue weighted by Crippen LogP contribution is -2.34. The van der Waals surface area contributed by atoms with Crippen molar-refractivity contribution >= 4 is 29.9 Å². The van der Waals surface area contributed by atoms with Gasteiger partial charge in [-0.1, -0.05) is 39.0 Å².